The SMILES string of the molecule is C=C(C(O)c1ccccc1)[Si](c1ccccc1)(c1ccccc1)c1ccccc1. The summed E-state index contributed by atoms with van der Waals surface area (Å²) in [6.07, 6.45) is -0.747. The molecule has 0 aliphatic rings. The van der Waals surface area contributed by atoms with Gasteiger partial charge in [-0.05, 0) is 26.3 Å². The van der Waals surface area contributed by atoms with Crippen molar-refractivity contribution in [3.63, 3.8) is 0 Å². The van der Waals surface area contributed by atoms with Crippen LogP contribution in [0.2, 0.25) is 0 Å². The van der Waals surface area contributed by atoms with Crippen LogP contribution in [-0.4, -0.2) is 13.2 Å². The van der Waals surface area contributed by atoms with Crippen LogP contribution < -0.4 is 15.6 Å². The van der Waals surface area contributed by atoms with E-state index in [1.807, 2.05) is 48.5 Å². The van der Waals surface area contributed by atoms with Gasteiger partial charge >= 0.3 is 0 Å². The van der Waals surface area contributed by atoms with Crippen LogP contribution >= 0.6 is 0 Å². The average Bonchev–Trinajstić information content (AvgIpc) is 2.82. The van der Waals surface area contributed by atoms with Gasteiger partial charge in [0.15, 0.2) is 8.07 Å². The molecule has 0 radical (unpaired) electrons. The molecule has 142 valence electrons. The molecular weight excluding hydrogens is 368 g/mol. The highest BCUT2D eigenvalue weighted by atomic mass is 28.3. The van der Waals surface area contributed by atoms with Gasteiger partial charge in [-0.25, -0.2) is 0 Å². The van der Waals surface area contributed by atoms with Crippen molar-refractivity contribution in [2.45, 2.75) is 6.10 Å². The summed E-state index contributed by atoms with van der Waals surface area (Å²) >= 11 is 0. The summed E-state index contributed by atoms with van der Waals surface area (Å²) in [5.74, 6) is 0. The fourth-order valence-electron chi connectivity index (χ4n) is 4.16. The molecule has 0 amide bonds. The average molecular weight is 393 g/mol. The van der Waals surface area contributed by atoms with E-state index in [4.69, 9.17) is 0 Å². The molecule has 0 aliphatic carbocycles. The van der Waals surface area contributed by atoms with Gasteiger partial charge in [0.2, 0.25) is 0 Å². The van der Waals surface area contributed by atoms with Gasteiger partial charge in [0.1, 0.15) is 0 Å². The Kier molecular flexibility index (Phi) is 5.56. The van der Waals surface area contributed by atoms with Gasteiger partial charge < -0.3 is 5.11 Å². The Labute approximate surface area is 173 Å². The number of benzene rings is 4. The van der Waals surface area contributed by atoms with Crippen molar-refractivity contribution in [1.29, 1.82) is 0 Å². The second-order valence-electron chi connectivity index (χ2n) is 7.19. The second kappa shape index (κ2) is 8.44. The Balaban J connectivity index is 2.02. The first-order chi connectivity index (χ1) is 14.2. The minimum absolute atomic E-state index is 0.747. The van der Waals surface area contributed by atoms with Crippen molar-refractivity contribution in [2.75, 3.05) is 0 Å². The molecular formula is C27H24OSi. The zero-order chi connectivity index (χ0) is 20.1. The lowest BCUT2D eigenvalue weighted by atomic mass is 10.1. The Hall–Kier alpha value is -3.20. The Morgan fingerprint density at radius 1 is 0.552 bits per heavy atom. The molecule has 1 unspecified atom stereocenters. The van der Waals surface area contributed by atoms with E-state index in [0.717, 1.165) is 10.8 Å². The maximum atomic E-state index is 11.4. The van der Waals surface area contributed by atoms with Gasteiger partial charge in [-0.15, -0.1) is 0 Å². The molecule has 1 atom stereocenters. The minimum Gasteiger partial charge on any atom is -0.384 e. The van der Waals surface area contributed by atoms with Crippen LogP contribution in [0.25, 0.3) is 0 Å². The zero-order valence-electron chi connectivity index (χ0n) is 16.3. The van der Waals surface area contributed by atoms with E-state index >= 15 is 0 Å². The van der Waals surface area contributed by atoms with E-state index in [9.17, 15) is 5.11 Å². The van der Waals surface area contributed by atoms with E-state index in [1.54, 1.807) is 0 Å². The molecule has 0 saturated carbocycles. The first-order valence-electron chi connectivity index (χ1n) is 9.83. The molecule has 2 heteroatoms. The van der Waals surface area contributed by atoms with E-state index in [-0.39, 0.29) is 0 Å². The van der Waals surface area contributed by atoms with Crippen LogP contribution in [0.5, 0.6) is 0 Å². The number of aliphatic hydroxyl groups excluding tert-OH is 1. The molecule has 29 heavy (non-hydrogen) atoms. The summed E-state index contributed by atoms with van der Waals surface area (Å²) in [5.41, 5.74) is 0.872. The van der Waals surface area contributed by atoms with Gasteiger partial charge in [0.25, 0.3) is 0 Å². The van der Waals surface area contributed by atoms with E-state index < -0.39 is 14.2 Å². The van der Waals surface area contributed by atoms with Crippen molar-refractivity contribution in [2.24, 2.45) is 0 Å². The number of hydrogen-bond donors (Lipinski definition) is 1. The predicted octanol–water partition coefficient (Wildman–Crippen LogP) is 3.99. The first kappa shape index (κ1) is 19.1. The summed E-state index contributed by atoms with van der Waals surface area (Å²) in [6, 6.07) is 41.4. The van der Waals surface area contributed by atoms with Gasteiger partial charge in [-0.3, -0.25) is 0 Å². The Morgan fingerprint density at radius 2 is 0.862 bits per heavy atom. The predicted molar refractivity (Wildman–Crippen MR) is 125 cm³/mol. The fraction of sp³-hybridized carbons (Fsp3) is 0.0370. The molecule has 4 aromatic carbocycles. The lowest BCUT2D eigenvalue weighted by Gasteiger charge is -2.37. The third-order valence-electron chi connectivity index (χ3n) is 5.55. The van der Waals surface area contributed by atoms with Gasteiger partial charge in [-0.1, -0.05) is 128 Å². The van der Waals surface area contributed by atoms with Gasteiger partial charge in [-0.2, -0.15) is 0 Å². The zero-order valence-corrected chi connectivity index (χ0v) is 17.3. The summed E-state index contributed by atoms with van der Waals surface area (Å²) in [7, 11) is -2.72. The van der Waals surface area contributed by atoms with Crippen LogP contribution in [0.1, 0.15) is 11.7 Å². The van der Waals surface area contributed by atoms with Crippen LogP contribution in [0.3, 0.4) is 0 Å². The summed E-state index contributed by atoms with van der Waals surface area (Å²) in [5, 5.41) is 16.0. The second-order valence-corrected chi connectivity index (χ2v) is 11.1. The molecule has 0 spiro atoms. The monoisotopic (exact) mass is 392 g/mol. The topological polar surface area (TPSA) is 20.2 Å². The van der Waals surface area contributed by atoms with Crippen LogP contribution in [0.15, 0.2) is 133 Å². The Bertz CT molecular complexity index is 964. The standard InChI is InChI=1S/C27H24OSi/c1-22(27(28)23-14-6-2-7-15-23)29(24-16-8-3-9-17-24,25-18-10-4-11-19-25)26-20-12-5-13-21-26/h2-21,27-28H,1H2. The molecule has 0 saturated heterocycles. The summed E-state index contributed by atoms with van der Waals surface area (Å²) in [4.78, 5) is 0. The van der Waals surface area contributed by atoms with Crippen molar-refractivity contribution in [3.8, 4) is 0 Å². The minimum atomic E-state index is -2.72. The molecule has 0 heterocycles. The van der Waals surface area contributed by atoms with Crippen molar-refractivity contribution < 1.29 is 5.11 Å². The molecule has 1 nitrogen and oxygen atoms in total. The molecule has 4 aromatic rings. The highest BCUT2D eigenvalue weighted by Crippen LogP contribution is 2.28. The molecule has 1 N–H and O–H groups in total. The van der Waals surface area contributed by atoms with Crippen molar-refractivity contribution in [1.82, 2.24) is 0 Å². The van der Waals surface area contributed by atoms with Crippen molar-refractivity contribution >= 4 is 23.6 Å². The number of aliphatic hydroxyl groups is 1. The van der Waals surface area contributed by atoms with E-state index in [2.05, 4.69) is 79.4 Å². The highest BCUT2D eigenvalue weighted by Gasteiger charge is 2.44. The summed E-state index contributed by atoms with van der Waals surface area (Å²) in [6.45, 7) is 4.54. The summed E-state index contributed by atoms with van der Waals surface area (Å²) < 4.78 is 0. The molecule has 0 fully saturated rings. The molecule has 0 aromatic heterocycles. The molecule has 0 bridgehead atoms. The molecule has 4 rings (SSSR count). The van der Waals surface area contributed by atoms with Crippen LogP contribution in [-0.2, 0) is 0 Å². The van der Waals surface area contributed by atoms with E-state index in [1.165, 1.54) is 15.6 Å². The van der Waals surface area contributed by atoms with Crippen molar-refractivity contribution in [3.05, 3.63) is 139 Å². The lowest BCUT2D eigenvalue weighted by Crippen LogP contribution is -2.69. The van der Waals surface area contributed by atoms with Crippen LogP contribution in [0.4, 0.5) is 0 Å². The van der Waals surface area contributed by atoms with Gasteiger partial charge in [0.05, 0.1) is 6.10 Å². The largest absolute Gasteiger partial charge is 0.384 e. The normalized spacial score (nSPS) is 12.3. The highest BCUT2D eigenvalue weighted by molar-refractivity contribution is 7.16. The fourth-order valence-corrected chi connectivity index (χ4v) is 8.93. The maximum absolute atomic E-state index is 11.4. The lowest BCUT2D eigenvalue weighted by molar-refractivity contribution is 0.223. The quantitative estimate of drug-likeness (QED) is 0.389. The van der Waals surface area contributed by atoms with Crippen LogP contribution in [0, 0.1) is 0 Å². The Morgan fingerprint density at radius 3 is 1.21 bits per heavy atom. The number of rotatable bonds is 6. The maximum Gasteiger partial charge on any atom is 0.177 e. The third kappa shape index (κ3) is 3.49. The molecule has 0 aliphatic heterocycles. The first-order valence-corrected chi connectivity index (χ1v) is 11.8. The third-order valence-corrected chi connectivity index (χ3v) is 10.4. The number of hydrogen-bond acceptors (Lipinski definition) is 1. The van der Waals surface area contributed by atoms with E-state index in [0.29, 0.717) is 0 Å². The smallest absolute Gasteiger partial charge is 0.177 e. The van der Waals surface area contributed by atoms with Gasteiger partial charge in [0, 0.05) is 0 Å².